The summed E-state index contributed by atoms with van der Waals surface area (Å²) in [5.74, 6) is 0. The van der Waals surface area contributed by atoms with Crippen molar-refractivity contribution in [2.24, 2.45) is 0 Å². The molecular formula is C15H17N5S. The van der Waals surface area contributed by atoms with E-state index in [1.165, 1.54) is 0 Å². The summed E-state index contributed by atoms with van der Waals surface area (Å²) < 4.78 is 1.86. The number of nitrogens with zero attached hydrogens (tertiary/aromatic N) is 4. The van der Waals surface area contributed by atoms with E-state index in [0.717, 1.165) is 28.6 Å². The van der Waals surface area contributed by atoms with E-state index in [1.54, 1.807) is 17.5 Å². The zero-order valence-electron chi connectivity index (χ0n) is 12.0. The molecule has 0 fully saturated rings. The van der Waals surface area contributed by atoms with E-state index in [2.05, 4.69) is 32.9 Å². The first-order valence-electron chi connectivity index (χ1n) is 6.91. The summed E-state index contributed by atoms with van der Waals surface area (Å²) in [4.78, 5) is 4.61. The predicted molar refractivity (Wildman–Crippen MR) is 83.7 cm³/mol. The van der Waals surface area contributed by atoms with E-state index >= 15 is 0 Å². The smallest absolute Gasteiger partial charge is 0.0951 e. The summed E-state index contributed by atoms with van der Waals surface area (Å²) in [6.45, 7) is 4.95. The van der Waals surface area contributed by atoms with Gasteiger partial charge in [-0.3, -0.25) is 0 Å². The maximum Gasteiger partial charge on any atom is 0.0951 e. The Morgan fingerprint density at radius 1 is 1.29 bits per heavy atom. The number of rotatable bonds is 5. The molecule has 2 aromatic heterocycles. The van der Waals surface area contributed by atoms with E-state index in [9.17, 15) is 0 Å². The number of hydrogen-bond donors (Lipinski definition) is 1. The molecule has 3 aromatic rings. The predicted octanol–water partition coefficient (Wildman–Crippen LogP) is 2.73. The fourth-order valence-electron chi connectivity index (χ4n) is 2.29. The van der Waals surface area contributed by atoms with Gasteiger partial charge in [-0.05, 0) is 25.6 Å². The Balaban J connectivity index is 2.03. The molecule has 21 heavy (non-hydrogen) atoms. The van der Waals surface area contributed by atoms with Crippen LogP contribution >= 0.6 is 11.3 Å². The third-order valence-corrected chi connectivity index (χ3v) is 4.00. The number of nitrogens with one attached hydrogen (secondary N) is 1. The summed E-state index contributed by atoms with van der Waals surface area (Å²) in [7, 11) is 0. The van der Waals surface area contributed by atoms with Crippen LogP contribution in [0.2, 0.25) is 0 Å². The minimum atomic E-state index is -0.00449. The highest BCUT2D eigenvalue weighted by Crippen LogP contribution is 2.24. The van der Waals surface area contributed by atoms with Gasteiger partial charge in [0.05, 0.1) is 34.3 Å². The summed E-state index contributed by atoms with van der Waals surface area (Å²) in [5, 5.41) is 14.9. The molecule has 0 aliphatic carbocycles. The number of para-hydroxylation sites is 1. The first-order valence-corrected chi connectivity index (χ1v) is 7.79. The van der Waals surface area contributed by atoms with Gasteiger partial charge in [0.2, 0.25) is 0 Å². The zero-order valence-corrected chi connectivity index (χ0v) is 12.8. The van der Waals surface area contributed by atoms with E-state index < -0.39 is 0 Å². The molecule has 1 aromatic carbocycles. The van der Waals surface area contributed by atoms with Crippen molar-refractivity contribution in [1.29, 1.82) is 0 Å². The fraction of sp³-hybridized carbons (Fsp3) is 0.267. The first-order chi connectivity index (χ1) is 10.3. The van der Waals surface area contributed by atoms with E-state index in [0.29, 0.717) is 0 Å². The van der Waals surface area contributed by atoms with Gasteiger partial charge in [0, 0.05) is 5.38 Å². The van der Waals surface area contributed by atoms with Crippen LogP contribution in [-0.2, 0) is 0 Å². The second kappa shape index (κ2) is 6.15. The van der Waals surface area contributed by atoms with Crippen LogP contribution in [-0.4, -0.2) is 26.5 Å². The third kappa shape index (κ3) is 2.86. The van der Waals surface area contributed by atoms with Crippen molar-refractivity contribution in [2.75, 3.05) is 6.54 Å². The van der Waals surface area contributed by atoms with Crippen LogP contribution in [0.1, 0.15) is 29.4 Å². The molecule has 3 rings (SSSR count). The quantitative estimate of drug-likeness (QED) is 0.787. The fourth-order valence-corrected chi connectivity index (χ4v) is 2.93. The molecular weight excluding hydrogens is 282 g/mol. The molecule has 0 aliphatic rings. The van der Waals surface area contributed by atoms with Gasteiger partial charge in [-0.25, -0.2) is 9.67 Å². The minimum Gasteiger partial charge on any atom is -0.304 e. The second-order valence-corrected chi connectivity index (χ2v) is 5.75. The normalized spacial score (nSPS) is 12.5. The van der Waals surface area contributed by atoms with Crippen molar-refractivity contribution in [3.8, 4) is 5.69 Å². The van der Waals surface area contributed by atoms with Gasteiger partial charge in [-0.15, -0.1) is 16.4 Å². The highest BCUT2D eigenvalue weighted by Gasteiger charge is 2.21. The number of hydrogen-bond acceptors (Lipinski definition) is 5. The minimum absolute atomic E-state index is 0.00449. The van der Waals surface area contributed by atoms with E-state index in [-0.39, 0.29) is 6.04 Å². The lowest BCUT2D eigenvalue weighted by Crippen LogP contribution is -2.24. The average Bonchev–Trinajstić information content (AvgIpc) is 3.15. The molecule has 0 saturated heterocycles. The van der Waals surface area contributed by atoms with Crippen LogP contribution in [0.25, 0.3) is 5.69 Å². The summed E-state index contributed by atoms with van der Waals surface area (Å²) >= 11 is 1.66. The monoisotopic (exact) mass is 299 g/mol. The van der Waals surface area contributed by atoms with Gasteiger partial charge in [0.25, 0.3) is 0 Å². The molecule has 0 radical (unpaired) electrons. The molecule has 108 valence electrons. The number of thiazole rings is 1. The van der Waals surface area contributed by atoms with Gasteiger partial charge in [-0.2, -0.15) is 0 Å². The lowest BCUT2D eigenvalue weighted by molar-refractivity contribution is 0.581. The molecule has 0 amide bonds. The second-order valence-electron chi connectivity index (χ2n) is 4.69. The maximum absolute atomic E-state index is 4.61. The van der Waals surface area contributed by atoms with Crippen molar-refractivity contribution in [3.63, 3.8) is 0 Å². The van der Waals surface area contributed by atoms with Crippen LogP contribution in [0.5, 0.6) is 0 Å². The third-order valence-electron chi connectivity index (χ3n) is 3.21. The van der Waals surface area contributed by atoms with Crippen LogP contribution < -0.4 is 5.32 Å². The summed E-state index contributed by atoms with van der Waals surface area (Å²) in [6.07, 6.45) is 1.80. The Kier molecular flexibility index (Phi) is 4.08. The Hall–Kier alpha value is -2.05. The highest BCUT2D eigenvalue weighted by molar-refractivity contribution is 7.09. The Labute approximate surface area is 127 Å². The summed E-state index contributed by atoms with van der Waals surface area (Å²) in [5.41, 5.74) is 3.01. The van der Waals surface area contributed by atoms with E-state index in [4.69, 9.17) is 0 Å². The van der Waals surface area contributed by atoms with Gasteiger partial charge in [0.1, 0.15) is 0 Å². The van der Waals surface area contributed by atoms with Crippen LogP contribution in [0.4, 0.5) is 0 Å². The molecule has 0 aliphatic heterocycles. The van der Waals surface area contributed by atoms with Crippen molar-refractivity contribution in [2.45, 2.75) is 19.9 Å². The van der Waals surface area contributed by atoms with Crippen molar-refractivity contribution in [3.05, 3.63) is 58.3 Å². The molecule has 0 saturated carbocycles. The van der Waals surface area contributed by atoms with Gasteiger partial charge in [0.15, 0.2) is 0 Å². The molecule has 1 unspecified atom stereocenters. The largest absolute Gasteiger partial charge is 0.304 e. The number of aromatic nitrogens is 4. The number of benzene rings is 1. The van der Waals surface area contributed by atoms with Crippen LogP contribution in [0.3, 0.4) is 0 Å². The highest BCUT2D eigenvalue weighted by atomic mass is 32.1. The van der Waals surface area contributed by atoms with Crippen LogP contribution in [0.15, 0.2) is 41.9 Å². The lowest BCUT2D eigenvalue weighted by atomic mass is 10.1. The molecule has 5 nitrogen and oxygen atoms in total. The van der Waals surface area contributed by atoms with Crippen LogP contribution in [0, 0.1) is 6.92 Å². The molecule has 0 spiro atoms. The van der Waals surface area contributed by atoms with Crippen molar-refractivity contribution in [1.82, 2.24) is 25.3 Å². The zero-order chi connectivity index (χ0) is 14.7. The maximum atomic E-state index is 4.61. The molecule has 0 bridgehead atoms. The Morgan fingerprint density at radius 3 is 2.76 bits per heavy atom. The Morgan fingerprint density at radius 2 is 2.10 bits per heavy atom. The Bertz CT molecular complexity index is 704. The first kappa shape index (κ1) is 13.9. The van der Waals surface area contributed by atoms with Crippen molar-refractivity contribution >= 4 is 11.3 Å². The molecule has 1 atom stereocenters. The van der Waals surface area contributed by atoms with E-state index in [1.807, 2.05) is 41.9 Å². The standard InChI is InChI=1S/C15H17N5S/c1-3-16-15(13-10-21-11(2)18-13)14-9-17-19-20(14)12-7-5-4-6-8-12/h4-10,15-16H,3H2,1-2H3. The number of aryl methyl sites for hydroxylation is 1. The lowest BCUT2D eigenvalue weighted by Gasteiger charge is -2.16. The van der Waals surface area contributed by atoms with Gasteiger partial charge < -0.3 is 5.32 Å². The SMILES string of the molecule is CCNC(c1csc(C)n1)c1cnnn1-c1ccccc1. The van der Waals surface area contributed by atoms with Crippen molar-refractivity contribution < 1.29 is 0 Å². The molecule has 6 heteroatoms. The molecule has 2 heterocycles. The topological polar surface area (TPSA) is 55.6 Å². The average molecular weight is 299 g/mol. The van der Waals surface area contributed by atoms with Gasteiger partial charge >= 0.3 is 0 Å². The summed E-state index contributed by atoms with van der Waals surface area (Å²) in [6, 6.07) is 10.0. The van der Waals surface area contributed by atoms with Gasteiger partial charge in [-0.1, -0.05) is 30.3 Å². The molecule has 1 N–H and O–H groups in total.